The van der Waals surface area contributed by atoms with Gasteiger partial charge in [-0.2, -0.15) is 0 Å². The molecule has 0 unspecified atom stereocenters. The molecule has 71 heavy (non-hydrogen) atoms. The van der Waals surface area contributed by atoms with Crippen LogP contribution in [0.4, 0.5) is 34.1 Å². The largest absolute Gasteiger partial charge is 0.311 e. The summed E-state index contributed by atoms with van der Waals surface area (Å²) in [4.78, 5) is 5.49. The lowest BCUT2D eigenvalue weighted by molar-refractivity contribution is 0.671. The van der Waals surface area contributed by atoms with Gasteiger partial charge in [-0.1, -0.05) is 155 Å². The van der Waals surface area contributed by atoms with Crippen LogP contribution in [-0.2, 0) is 25.7 Å². The van der Waals surface area contributed by atoms with Crippen LogP contribution in [0.3, 0.4) is 0 Å². The lowest BCUT2D eigenvalue weighted by atomic mass is 9.32. The fourth-order valence-corrected chi connectivity index (χ4v) is 14.5. The van der Waals surface area contributed by atoms with Gasteiger partial charge in [-0.3, -0.25) is 0 Å². The molecular formula is C68H57BN2. The van der Waals surface area contributed by atoms with Gasteiger partial charge in [-0.05, 0) is 214 Å². The third-order valence-electron chi connectivity index (χ3n) is 17.5. The molecule has 0 radical (unpaired) electrons. The van der Waals surface area contributed by atoms with Gasteiger partial charge >= 0.3 is 0 Å². The van der Waals surface area contributed by atoms with E-state index in [2.05, 4.69) is 201 Å². The number of anilines is 6. The van der Waals surface area contributed by atoms with Crippen LogP contribution in [0.1, 0.15) is 98.6 Å². The van der Waals surface area contributed by atoms with Crippen molar-refractivity contribution >= 4 is 122 Å². The van der Waals surface area contributed by atoms with E-state index in [1.54, 1.807) is 33.4 Å². The second-order valence-electron chi connectivity index (χ2n) is 21.9. The lowest BCUT2D eigenvalue weighted by Crippen LogP contribution is -2.62. The second-order valence-corrected chi connectivity index (χ2v) is 21.9. The lowest BCUT2D eigenvalue weighted by Gasteiger charge is -2.47. The SMILES string of the molecule is CC(C)c1cc2c(c3c1CCCC3)N(c1ccc3c4ccccc4c4ccccc4c3c1)c1cccc3c1B2c1cc(C(C)C)c2c(c1N3c1ccc3c4ccccc4c4ccccc4c3c1)CCCC2. The number of benzene rings is 11. The van der Waals surface area contributed by atoms with Crippen molar-refractivity contribution in [2.75, 3.05) is 9.80 Å². The van der Waals surface area contributed by atoms with E-state index in [-0.39, 0.29) is 6.71 Å². The zero-order valence-electron chi connectivity index (χ0n) is 41.4. The summed E-state index contributed by atoms with van der Waals surface area (Å²) in [5.41, 5.74) is 21.9. The van der Waals surface area contributed by atoms with Crippen molar-refractivity contribution in [1.82, 2.24) is 0 Å². The number of hydrogen-bond donors (Lipinski definition) is 0. The topological polar surface area (TPSA) is 6.48 Å². The summed E-state index contributed by atoms with van der Waals surface area (Å²) in [5, 5.41) is 15.8. The summed E-state index contributed by atoms with van der Waals surface area (Å²) in [6, 6.07) is 63.7. The Kier molecular flexibility index (Phi) is 9.09. The molecule has 2 aliphatic heterocycles. The van der Waals surface area contributed by atoms with E-state index in [1.165, 1.54) is 141 Å². The standard InChI is InChI=1S/C68H57BN2/c1-40(2)58-38-62-67(56-28-15-13-26-52(56)58)70(42-32-34-54-48-22-7-5-18-44(48)46-20-9-11-24-50(46)60(54)36-42)64-30-17-31-65-66(64)69(62)63-39-59(41(3)4)53-27-14-16-29-57(53)68(63)71(65)43-33-35-55-49-23-8-6-19-45(49)47-21-10-12-25-51(47)61(55)37-43/h5-12,17-25,30-41H,13-16,26-29H2,1-4H3. The van der Waals surface area contributed by atoms with Crippen LogP contribution in [0.15, 0.2) is 164 Å². The van der Waals surface area contributed by atoms with E-state index >= 15 is 0 Å². The van der Waals surface area contributed by atoms with Gasteiger partial charge < -0.3 is 9.80 Å². The highest BCUT2D eigenvalue weighted by Crippen LogP contribution is 2.51. The highest BCUT2D eigenvalue weighted by molar-refractivity contribution is 7.00. The Labute approximate surface area is 417 Å². The van der Waals surface area contributed by atoms with Crippen LogP contribution in [0.2, 0.25) is 0 Å². The molecule has 11 aromatic rings. The Morgan fingerprint density at radius 2 is 0.662 bits per heavy atom. The molecular weight excluding hydrogens is 856 g/mol. The molecule has 0 saturated heterocycles. The Morgan fingerprint density at radius 3 is 1.01 bits per heavy atom. The van der Waals surface area contributed by atoms with Gasteiger partial charge in [-0.15, -0.1) is 0 Å². The van der Waals surface area contributed by atoms with Gasteiger partial charge in [0.2, 0.25) is 0 Å². The normalized spacial score (nSPS) is 15.0. The van der Waals surface area contributed by atoms with Crippen molar-refractivity contribution in [1.29, 1.82) is 0 Å². The van der Waals surface area contributed by atoms with Crippen LogP contribution >= 0.6 is 0 Å². The molecule has 2 nitrogen and oxygen atoms in total. The fourth-order valence-electron chi connectivity index (χ4n) is 14.5. The highest BCUT2D eigenvalue weighted by atomic mass is 15.2. The molecule has 0 fully saturated rings. The molecule has 0 N–H and O–H groups in total. The first kappa shape index (κ1) is 41.4. The molecule has 0 aromatic heterocycles. The minimum absolute atomic E-state index is 0.0867. The number of hydrogen-bond acceptors (Lipinski definition) is 2. The summed E-state index contributed by atoms with van der Waals surface area (Å²) >= 11 is 0. The first-order valence-electron chi connectivity index (χ1n) is 26.7. The molecule has 3 heteroatoms. The second kappa shape index (κ2) is 15.6. The van der Waals surface area contributed by atoms with Crippen LogP contribution in [0.5, 0.6) is 0 Å². The maximum absolute atomic E-state index is 2.74. The van der Waals surface area contributed by atoms with Crippen molar-refractivity contribution in [3.8, 4) is 0 Å². The molecule has 15 rings (SSSR count). The van der Waals surface area contributed by atoms with Crippen LogP contribution in [-0.4, -0.2) is 6.71 Å². The predicted molar refractivity (Wildman–Crippen MR) is 307 cm³/mol. The van der Waals surface area contributed by atoms with E-state index in [4.69, 9.17) is 0 Å². The summed E-state index contributed by atoms with van der Waals surface area (Å²) in [6.07, 6.45) is 9.47. The molecule has 2 heterocycles. The molecule has 0 saturated carbocycles. The van der Waals surface area contributed by atoms with Gasteiger partial charge in [0.25, 0.3) is 6.71 Å². The van der Waals surface area contributed by atoms with E-state index in [0.717, 1.165) is 25.7 Å². The zero-order valence-corrected chi connectivity index (χ0v) is 41.4. The number of nitrogens with zero attached hydrogens (tertiary/aromatic N) is 2. The van der Waals surface area contributed by atoms with E-state index < -0.39 is 0 Å². The van der Waals surface area contributed by atoms with Crippen LogP contribution < -0.4 is 26.2 Å². The van der Waals surface area contributed by atoms with Crippen molar-refractivity contribution < 1.29 is 0 Å². The van der Waals surface area contributed by atoms with E-state index in [0.29, 0.717) is 11.8 Å². The molecule has 4 aliphatic rings. The summed E-state index contributed by atoms with van der Waals surface area (Å²) < 4.78 is 0. The maximum atomic E-state index is 2.74. The van der Waals surface area contributed by atoms with Gasteiger partial charge in [0.15, 0.2) is 0 Å². The Balaban J connectivity index is 1.07. The Bertz CT molecular complexity index is 3770. The van der Waals surface area contributed by atoms with Gasteiger partial charge in [-0.25, -0.2) is 0 Å². The molecule has 0 bridgehead atoms. The molecule has 0 atom stereocenters. The van der Waals surface area contributed by atoms with Gasteiger partial charge in [0.05, 0.1) is 0 Å². The molecule has 0 amide bonds. The zero-order chi connectivity index (χ0) is 47.2. The van der Waals surface area contributed by atoms with Crippen molar-refractivity contribution in [3.63, 3.8) is 0 Å². The minimum Gasteiger partial charge on any atom is -0.311 e. The van der Waals surface area contributed by atoms with Crippen molar-refractivity contribution in [2.45, 2.75) is 90.9 Å². The van der Waals surface area contributed by atoms with Gasteiger partial charge in [0.1, 0.15) is 0 Å². The van der Waals surface area contributed by atoms with Crippen LogP contribution in [0, 0.1) is 0 Å². The molecule has 342 valence electrons. The smallest absolute Gasteiger partial charge is 0.252 e. The Morgan fingerprint density at radius 1 is 0.338 bits per heavy atom. The molecule has 2 aliphatic carbocycles. The monoisotopic (exact) mass is 912 g/mol. The third kappa shape index (κ3) is 5.84. The maximum Gasteiger partial charge on any atom is 0.252 e. The van der Waals surface area contributed by atoms with E-state index in [1.807, 2.05) is 0 Å². The van der Waals surface area contributed by atoms with Crippen molar-refractivity contribution in [3.05, 3.63) is 197 Å². The Hall–Kier alpha value is -7.36. The average Bonchev–Trinajstić information content (AvgIpc) is 3.42. The summed E-state index contributed by atoms with van der Waals surface area (Å²) in [6.45, 7) is 9.83. The predicted octanol–water partition coefficient (Wildman–Crippen LogP) is 16.7. The van der Waals surface area contributed by atoms with Crippen molar-refractivity contribution in [2.24, 2.45) is 0 Å². The fraction of sp³-hybridized carbons (Fsp3) is 0.206. The number of rotatable bonds is 4. The molecule has 0 spiro atoms. The van der Waals surface area contributed by atoms with Gasteiger partial charge in [0, 0.05) is 34.1 Å². The van der Waals surface area contributed by atoms with Crippen LogP contribution in [0.25, 0.3) is 64.6 Å². The summed E-state index contributed by atoms with van der Waals surface area (Å²) in [7, 11) is 0. The number of fused-ring (bicyclic) bond motifs is 20. The highest BCUT2D eigenvalue weighted by Gasteiger charge is 2.46. The quantitative estimate of drug-likeness (QED) is 0.128. The summed E-state index contributed by atoms with van der Waals surface area (Å²) in [5.74, 6) is 0.853. The first-order chi connectivity index (χ1) is 34.9. The minimum atomic E-state index is 0.0867. The third-order valence-corrected chi connectivity index (χ3v) is 17.5. The first-order valence-corrected chi connectivity index (χ1v) is 26.7. The van der Waals surface area contributed by atoms with E-state index in [9.17, 15) is 0 Å². The molecule has 11 aromatic carbocycles. The average molecular weight is 913 g/mol.